The van der Waals surface area contributed by atoms with Crippen molar-refractivity contribution in [2.24, 2.45) is 11.8 Å². The molecule has 2 saturated heterocycles. The Balaban J connectivity index is 1.52. The van der Waals surface area contributed by atoms with E-state index in [1.165, 1.54) is 0 Å². The molecule has 0 aliphatic carbocycles. The Hall–Kier alpha value is -2.63. The first kappa shape index (κ1) is 13.1. The number of carbonyl (C=O) groups is 2. The van der Waals surface area contributed by atoms with Crippen LogP contribution in [0.5, 0.6) is 0 Å². The van der Waals surface area contributed by atoms with Gasteiger partial charge < -0.3 is 9.64 Å². The molecule has 2 aliphatic heterocycles. The first-order chi connectivity index (χ1) is 10.7. The third kappa shape index (κ3) is 2.07. The molecule has 1 aromatic carbocycles. The molecule has 1 amide bonds. The lowest BCUT2D eigenvalue weighted by Gasteiger charge is -2.15. The first-order valence-corrected chi connectivity index (χ1v) is 7.29. The van der Waals surface area contributed by atoms with Gasteiger partial charge in [-0.3, -0.25) is 14.7 Å². The maximum Gasteiger partial charge on any atom is 0.311 e. The fourth-order valence-electron chi connectivity index (χ4n) is 3.13. The Bertz CT molecular complexity index is 725. The van der Waals surface area contributed by atoms with Crippen molar-refractivity contribution in [3.63, 3.8) is 0 Å². The van der Waals surface area contributed by atoms with Gasteiger partial charge >= 0.3 is 5.97 Å². The first-order valence-electron chi connectivity index (χ1n) is 7.29. The van der Waals surface area contributed by atoms with Crippen LogP contribution in [0.4, 0.5) is 0 Å². The van der Waals surface area contributed by atoms with E-state index in [0.717, 1.165) is 11.3 Å². The predicted octanol–water partition coefficient (Wildman–Crippen LogP) is 1.32. The van der Waals surface area contributed by atoms with Crippen LogP contribution in [0, 0.1) is 11.8 Å². The van der Waals surface area contributed by atoms with Gasteiger partial charge in [0.25, 0.3) is 5.91 Å². The Morgan fingerprint density at radius 1 is 1.27 bits per heavy atom. The summed E-state index contributed by atoms with van der Waals surface area (Å²) in [6.07, 6.45) is 0. The summed E-state index contributed by atoms with van der Waals surface area (Å²) in [6, 6.07) is 11.4. The number of likely N-dealkylation sites (tertiary alicyclic amines) is 1. The van der Waals surface area contributed by atoms with E-state index in [9.17, 15) is 9.59 Å². The van der Waals surface area contributed by atoms with Crippen LogP contribution in [-0.2, 0) is 9.53 Å². The minimum absolute atomic E-state index is 0.114. The highest BCUT2D eigenvalue weighted by molar-refractivity contribution is 5.94. The lowest BCUT2D eigenvalue weighted by atomic mass is 10.0. The van der Waals surface area contributed by atoms with Crippen molar-refractivity contribution in [1.82, 2.24) is 15.1 Å². The van der Waals surface area contributed by atoms with E-state index < -0.39 is 0 Å². The van der Waals surface area contributed by atoms with E-state index in [1.807, 2.05) is 30.3 Å². The molecule has 3 heterocycles. The van der Waals surface area contributed by atoms with E-state index >= 15 is 0 Å². The topological polar surface area (TPSA) is 75.3 Å². The number of cyclic esters (lactones) is 1. The summed E-state index contributed by atoms with van der Waals surface area (Å²) in [5.74, 6) is -0.333. The van der Waals surface area contributed by atoms with Gasteiger partial charge in [-0.25, -0.2) is 0 Å². The Kier molecular flexibility index (Phi) is 2.96. The van der Waals surface area contributed by atoms with Crippen LogP contribution in [0.1, 0.15) is 10.5 Å². The zero-order valence-electron chi connectivity index (χ0n) is 11.9. The predicted molar refractivity (Wildman–Crippen MR) is 77.9 cm³/mol. The van der Waals surface area contributed by atoms with Crippen LogP contribution < -0.4 is 0 Å². The smallest absolute Gasteiger partial charge is 0.311 e. The van der Waals surface area contributed by atoms with E-state index in [1.54, 1.807) is 11.0 Å². The van der Waals surface area contributed by atoms with Crippen LogP contribution in [-0.4, -0.2) is 46.7 Å². The van der Waals surface area contributed by atoms with Gasteiger partial charge in [0.1, 0.15) is 5.69 Å². The zero-order chi connectivity index (χ0) is 15.1. The second-order valence-corrected chi connectivity index (χ2v) is 5.74. The lowest BCUT2D eigenvalue weighted by molar-refractivity contribution is -0.141. The number of amides is 1. The number of fused-ring (bicyclic) bond motifs is 1. The number of nitrogens with zero attached hydrogens (tertiary/aromatic N) is 2. The van der Waals surface area contributed by atoms with Crippen molar-refractivity contribution in [3.05, 3.63) is 42.1 Å². The minimum atomic E-state index is -0.185. The minimum Gasteiger partial charge on any atom is -0.465 e. The Morgan fingerprint density at radius 3 is 2.86 bits per heavy atom. The monoisotopic (exact) mass is 297 g/mol. The van der Waals surface area contributed by atoms with Crippen LogP contribution >= 0.6 is 0 Å². The number of hydrogen-bond donors (Lipinski definition) is 1. The van der Waals surface area contributed by atoms with Crippen LogP contribution in [0.2, 0.25) is 0 Å². The third-order valence-corrected chi connectivity index (χ3v) is 4.35. The van der Waals surface area contributed by atoms with Gasteiger partial charge in [-0.1, -0.05) is 30.3 Å². The van der Waals surface area contributed by atoms with Gasteiger partial charge in [0.2, 0.25) is 0 Å². The highest BCUT2D eigenvalue weighted by Crippen LogP contribution is 2.31. The molecule has 0 bridgehead atoms. The molecule has 22 heavy (non-hydrogen) atoms. The second kappa shape index (κ2) is 4.98. The normalized spacial score (nSPS) is 23.5. The van der Waals surface area contributed by atoms with Gasteiger partial charge in [0.05, 0.1) is 18.2 Å². The molecule has 0 saturated carbocycles. The summed E-state index contributed by atoms with van der Waals surface area (Å²) in [5.41, 5.74) is 2.15. The molecule has 4 rings (SSSR count). The SMILES string of the molecule is O=C1OC[C@H]2CN(C(=O)c3cc(-c4ccccc4)n[nH]3)C[C@@H]12. The highest BCUT2D eigenvalue weighted by atomic mass is 16.5. The fourth-order valence-corrected chi connectivity index (χ4v) is 3.13. The summed E-state index contributed by atoms with van der Waals surface area (Å²) >= 11 is 0. The number of esters is 1. The van der Waals surface area contributed by atoms with Gasteiger partial charge in [-0.15, -0.1) is 0 Å². The standard InChI is InChI=1S/C16H15N3O3/c20-15(19-7-11-9-22-16(21)12(11)8-19)14-6-13(17-18-14)10-4-2-1-3-5-10/h1-6,11-12H,7-9H2,(H,17,18)/t11-,12-/m1/s1. The molecule has 6 nitrogen and oxygen atoms in total. The average molecular weight is 297 g/mol. The molecule has 1 N–H and O–H groups in total. The van der Waals surface area contributed by atoms with Crippen molar-refractivity contribution in [2.45, 2.75) is 0 Å². The number of nitrogens with one attached hydrogen (secondary N) is 1. The molecule has 2 fully saturated rings. The van der Waals surface area contributed by atoms with Crippen molar-refractivity contribution in [1.29, 1.82) is 0 Å². The largest absolute Gasteiger partial charge is 0.465 e. The number of carbonyl (C=O) groups excluding carboxylic acids is 2. The summed E-state index contributed by atoms with van der Waals surface area (Å²) < 4.78 is 5.02. The maximum absolute atomic E-state index is 12.5. The van der Waals surface area contributed by atoms with E-state index in [0.29, 0.717) is 25.4 Å². The summed E-state index contributed by atoms with van der Waals surface area (Å²) in [6.45, 7) is 1.42. The molecule has 0 unspecified atom stereocenters. The van der Waals surface area contributed by atoms with E-state index in [4.69, 9.17) is 4.74 Å². The van der Waals surface area contributed by atoms with Crippen molar-refractivity contribution >= 4 is 11.9 Å². The number of H-pyrrole nitrogens is 1. The molecule has 6 heteroatoms. The number of aromatic nitrogens is 2. The van der Waals surface area contributed by atoms with Crippen molar-refractivity contribution in [2.75, 3.05) is 19.7 Å². The highest BCUT2D eigenvalue weighted by Gasteiger charge is 2.45. The number of aromatic amines is 1. The summed E-state index contributed by atoms with van der Waals surface area (Å²) in [7, 11) is 0. The lowest BCUT2D eigenvalue weighted by Crippen LogP contribution is -2.31. The number of benzene rings is 1. The third-order valence-electron chi connectivity index (χ3n) is 4.35. The summed E-state index contributed by atoms with van der Waals surface area (Å²) in [4.78, 5) is 25.8. The molecule has 2 aromatic rings. The summed E-state index contributed by atoms with van der Waals surface area (Å²) in [5, 5.41) is 7.00. The van der Waals surface area contributed by atoms with E-state index in [-0.39, 0.29) is 23.7 Å². The quantitative estimate of drug-likeness (QED) is 0.848. The zero-order valence-corrected chi connectivity index (χ0v) is 11.9. The number of hydrogen-bond acceptors (Lipinski definition) is 4. The van der Waals surface area contributed by atoms with E-state index in [2.05, 4.69) is 10.2 Å². The molecule has 2 atom stereocenters. The number of ether oxygens (including phenoxy) is 1. The van der Waals surface area contributed by atoms with Crippen LogP contribution in [0.15, 0.2) is 36.4 Å². The van der Waals surface area contributed by atoms with Gasteiger partial charge in [-0.05, 0) is 6.07 Å². The van der Waals surface area contributed by atoms with Crippen molar-refractivity contribution in [3.8, 4) is 11.3 Å². The fraction of sp³-hybridized carbons (Fsp3) is 0.312. The van der Waals surface area contributed by atoms with Gasteiger partial charge in [0, 0.05) is 24.6 Å². The second-order valence-electron chi connectivity index (χ2n) is 5.74. The maximum atomic E-state index is 12.5. The molecule has 0 spiro atoms. The molecular weight excluding hydrogens is 282 g/mol. The molecule has 1 aromatic heterocycles. The average Bonchev–Trinajstić information content (AvgIpc) is 3.25. The molecule has 112 valence electrons. The van der Waals surface area contributed by atoms with Crippen LogP contribution in [0.3, 0.4) is 0 Å². The molecule has 0 radical (unpaired) electrons. The molecule has 2 aliphatic rings. The number of rotatable bonds is 2. The van der Waals surface area contributed by atoms with Crippen LogP contribution in [0.25, 0.3) is 11.3 Å². The molecular formula is C16H15N3O3. The van der Waals surface area contributed by atoms with Crippen molar-refractivity contribution < 1.29 is 14.3 Å². The van der Waals surface area contributed by atoms with Gasteiger partial charge in [0.15, 0.2) is 0 Å². The Morgan fingerprint density at radius 2 is 2.09 bits per heavy atom. The Labute approximate surface area is 127 Å². The van der Waals surface area contributed by atoms with Gasteiger partial charge in [-0.2, -0.15) is 5.10 Å².